The van der Waals surface area contributed by atoms with E-state index >= 15 is 0 Å². The zero-order valence-electron chi connectivity index (χ0n) is 17.2. The highest BCUT2D eigenvalue weighted by atomic mass is 19.1. The van der Waals surface area contributed by atoms with Gasteiger partial charge >= 0.3 is 0 Å². The average Bonchev–Trinajstić information content (AvgIpc) is 3.28. The minimum absolute atomic E-state index is 0.0157. The van der Waals surface area contributed by atoms with Gasteiger partial charge in [-0.05, 0) is 55.8 Å². The number of pyridine rings is 1. The van der Waals surface area contributed by atoms with Crippen LogP contribution < -0.4 is 9.80 Å². The Morgan fingerprint density at radius 3 is 2.26 bits per heavy atom. The maximum absolute atomic E-state index is 13.8. The first-order chi connectivity index (χ1) is 15.1. The summed E-state index contributed by atoms with van der Waals surface area (Å²) < 4.78 is 19.9. The van der Waals surface area contributed by atoms with E-state index in [1.165, 1.54) is 6.07 Å². The number of hydrogen-bond donors (Lipinski definition) is 0. The van der Waals surface area contributed by atoms with E-state index in [0.717, 1.165) is 44.7 Å². The summed E-state index contributed by atoms with van der Waals surface area (Å²) in [7, 11) is 0. The van der Waals surface area contributed by atoms with E-state index in [2.05, 4.69) is 83.2 Å². The van der Waals surface area contributed by atoms with E-state index in [1.807, 2.05) is 12.1 Å². The van der Waals surface area contributed by atoms with Gasteiger partial charge in [-0.25, -0.2) is 0 Å². The molecule has 3 aromatic carbocycles. The number of hydrogen-bond acceptors (Lipinski definition) is 4. The van der Waals surface area contributed by atoms with Crippen LogP contribution in [-0.2, 0) is 0 Å². The predicted octanol–water partition coefficient (Wildman–Crippen LogP) is 7.06. The van der Waals surface area contributed by atoms with Crippen LogP contribution in [0.1, 0.15) is 12.5 Å². The SMILES string of the molecule is Cc1ccc2c(oc3nc(F)ccc32)c1N1c2ccccc2N(c2ccccc2)[C@@H]1C. The number of benzene rings is 3. The lowest BCUT2D eigenvalue weighted by Gasteiger charge is -2.31. The van der Waals surface area contributed by atoms with Crippen molar-refractivity contribution in [1.29, 1.82) is 0 Å². The first kappa shape index (κ1) is 18.0. The summed E-state index contributed by atoms with van der Waals surface area (Å²) in [6.45, 7) is 4.27. The topological polar surface area (TPSA) is 32.5 Å². The average molecular weight is 409 g/mol. The zero-order chi connectivity index (χ0) is 21.1. The fraction of sp³-hybridized carbons (Fsp3) is 0.115. The molecule has 1 atom stereocenters. The summed E-state index contributed by atoms with van der Waals surface area (Å²) in [4.78, 5) is 8.61. The number of aryl methyl sites for hydroxylation is 1. The Morgan fingerprint density at radius 2 is 1.48 bits per heavy atom. The highest BCUT2D eigenvalue weighted by molar-refractivity contribution is 6.10. The van der Waals surface area contributed by atoms with Gasteiger partial charge in [-0.15, -0.1) is 0 Å². The van der Waals surface area contributed by atoms with Crippen LogP contribution in [0.4, 0.5) is 27.1 Å². The number of nitrogens with zero attached hydrogens (tertiary/aromatic N) is 3. The van der Waals surface area contributed by atoms with Gasteiger partial charge in [-0.3, -0.25) is 0 Å². The number of anilines is 4. The number of halogens is 1. The summed E-state index contributed by atoms with van der Waals surface area (Å²) in [5, 5.41) is 1.75. The van der Waals surface area contributed by atoms with E-state index in [4.69, 9.17) is 4.42 Å². The minimum atomic E-state index is -0.542. The summed E-state index contributed by atoms with van der Waals surface area (Å²) >= 11 is 0. The lowest BCUT2D eigenvalue weighted by Crippen LogP contribution is -2.35. The van der Waals surface area contributed by atoms with Gasteiger partial charge in [-0.2, -0.15) is 9.37 Å². The van der Waals surface area contributed by atoms with E-state index in [0.29, 0.717) is 5.71 Å². The Morgan fingerprint density at radius 1 is 0.806 bits per heavy atom. The normalized spacial score (nSPS) is 15.8. The van der Waals surface area contributed by atoms with Crippen molar-refractivity contribution in [1.82, 2.24) is 4.98 Å². The van der Waals surface area contributed by atoms with Gasteiger partial charge in [-0.1, -0.05) is 42.5 Å². The van der Waals surface area contributed by atoms with Gasteiger partial charge in [0.1, 0.15) is 6.17 Å². The van der Waals surface area contributed by atoms with Crippen LogP contribution >= 0.6 is 0 Å². The minimum Gasteiger partial charge on any atom is -0.435 e. The van der Waals surface area contributed by atoms with Crippen molar-refractivity contribution < 1.29 is 8.81 Å². The van der Waals surface area contributed by atoms with Crippen LogP contribution in [0.25, 0.3) is 22.1 Å². The summed E-state index contributed by atoms with van der Waals surface area (Å²) in [6, 6.07) is 26.0. The van der Waals surface area contributed by atoms with E-state index < -0.39 is 5.95 Å². The predicted molar refractivity (Wildman–Crippen MR) is 123 cm³/mol. The molecule has 2 aromatic heterocycles. The smallest absolute Gasteiger partial charge is 0.230 e. The number of rotatable bonds is 2. The second kappa shape index (κ2) is 6.57. The fourth-order valence-electron chi connectivity index (χ4n) is 4.72. The molecular weight excluding hydrogens is 389 g/mol. The van der Waals surface area contributed by atoms with Gasteiger partial charge in [0.2, 0.25) is 11.7 Å². The standard InChI is InChI=1S/C26H20FN3O/c1-16-12-13-19-20-14-15-23(27)28-26(20)31-25(19)24(16)30-17(2)29(18-8-4-3-5-9-18)21-10-6-7-11-22(21)30/h3-15,17H,1-2H3/t17-/m0/s1. The summed E-state index contributed by atoms with van der Waals surface area (Å²) in [5.41, 5.74) is 6.49. The molecule has 0 amide bonds. The van der Waals surface area contributed by atoms with Crippen molar-refractivity contribution in [2.75, 3.05) is 9.80 Å². The van der Waals surface area contributed by atoms with Crippen LogP contribution in [-0.4, -0.2) is 11.1 Å². The van der Waals surface area contributed by atoms with Crippen molar-refractivity contribution in [3.05, 3.63) is 90.4 Å². The molecule has 0 saturated carbocycles. The molecule has 6 rings (SSSR count). The fourth-order valence-corrected chi connectivity index (χ4v) is 4.72. The highest BCUT2D eigenvalue weighted by Gasteiger charge is 2.36. The molecular formula is C26H20FN3O. The summed E-state index contributed by atoms with van der Waals surface area (Å²) in [6.07, 6.45) is 0.0157. The first-order valence-electron chi connectivity index (χ1n) is 10.3. The molecule has 5 heteroatoms. The molecule has 152 valence electrons. The van der Waals surface area contributed by atoms with E-state index in [-0.39, 0.29) is 6.17 Å². The molecule has 31 heavy (non-hydrogen) atoms. The van der Waals surface area contributed by atoms with Gasteiger partial charge in [0.25, 0.3) is 0 Å². The quantitative estimate of drug-likeness (QED) is 0.292. The third kappa shape index (κ3) is 2.56. The van der Waals surface area contributed by atoms with Crippen LogP contribution in [0.2, 0.25) is 0 Å². The van der Waals surface area contributed by atoms with Gasteiger partial charge in [0.15, 0.2) is 5.58 Å². The van der Waals surface area contributed by atoms with Gasteiger partial charge in [0.05, 0.1) is 17.1 Å². The molecule has 3 heterocycles. The van der Waals surface area contributed by atoms with Gasteiger partial charge < -0.3 is 14.2 Å². The van der Waals surface area contributed by atoms with Crippen molar-refractivity contribution >= 4 is 44.8 Å². The van der Waals surface area contributed by atoms with Crippen molar-refractivity contribution in [3.8, 4) is 0 Å². The van der Waals surface area contributed by atoms with Gasteiger partial charge in [0, 0.05) is 16.5 Å². The maximum atomic E-state index is 13.8. The molecule has 0 radical (unpaired) electrons. The number of para-hydroxylation sites is 3. The Bertz CT molecular complexity index is 1440. The molecule has 1 aliphatic rings. The second-order valence-corrected chi connectivity index (χ2v) is 7.89. The second-order valence-electron chi connectivity index (χ2n) is 7.89. The number of fused-ring (bicyclic) bond motifs is 4. The third-order valence-electron chi connectivity index (χ3n) is 6.07. The Kier molecular flexibility index (Phi) is 3.81. The maximum Gasteiger partial charge on any atom is 0.230 e. The van der Waals surface area contributed by atoms with Crippen molar-refractivity contribution in [3.63, 3.8) is 0 Å². The Hall–Kier alpha value is -3.86. The van der Waals surface area contributed by atoms with E-state index in [9.17, 15) is 4.39 Å². The van der Waals surface area contributed by atoms with Crippen LogP contribution in [0.5, 0.6) is 0 Å². The molecule has 0 unspecified atom stereocenters. The van der Waals surface area contributed by atoms with Crippen molar-refractivity contribution in [2.24, 2.45) is 0 Å². The molecule has 0 aliphatic carbocycles. The Labute approximate surface area is 179 Å². The molecule has 0 fully saturated rings. The largest absolute Gasteiger partial charge is 0.435 e. The number of aromatic nitrogens is 1. The van der Waals surface area contributed by atoms with Crippen LogP contribution in [0, 0.1) is 12.9 Å². The van der Waals surface area contributed by atoms with Crippen LogP contribution in [0.3, 0.4) is 0 Å². The molecule has 5 aromatic rings. The number of furan rings is 1. The third-order valence-corrected chi connectivity index (χ3v) is 6.07. The molecule has 0 saturated heterocycles. The zero-order valence-corrected chi connectivity index (χ0v) is 17.2. The highest BCUT2D eigenvalue weighted by Crippen LogP contribution is 2.50. The lowest BCUT2D eigenvalue weighted by atomic mass is 10.1. The molecule has 0 bridgehead atoms. The molecule has 4 nitrogen and oxygen atoms in total. The molecule has 0 N–H and O–H groups in total. The van der Waals surface area contributed by atoms with E-state index in [1.54, 1.807) is 6.07 Å². The monoisotopic (exact) mass is 409 g/mol. The molecule has 1 aliphatic heterocycles. The lowest BCUT2D eigenvalue weighted by molar-refractivity contribution is 0.569. The first-order valence-corrected chi connectivity index (χ1v) is 10.3. The Balaban J connectivity index is 1.62. The van der Waals surface area contributed by atoms with Crippen LogP contribution in [0.15, 0.2) is 83.3 Å². The molecule has 0 spiro atoms. The van der Waals surface area contributed by atoms with Crippen molar-refractivity contribution in [2.45, 2.75) is 20.0 Å². The summed E-state index contributed by atoms with van der Waals surface area (Å²) in [5.74, 6) is -0.542.